The zero-order chi connectivity index (χ0) is 13.9. The molecule has 1 heterocycles. The molecular weight excluding hydrogens is 251 g/mol. The third kappa shape index (κ3) is 3.80. The molecule has 1 aromatic carbocycles. The zero-order valence-electron chi connectivity index (χ0n) is 12.4. The van der Waals surface area contributed by atoms with Crippen molar-refractivity contribution in [3.8, 4) is 0 Å². The van der Waals surface area contributed by atoms with Crippen LogP contribution in [0.1, 0.15) is 36.8 Å². The summed E-state index contributed by atoms with van der Waals surface area (Å²) in [4.78, 5) is 2.51. The van der Waals surface area contributed by atoms with Crippen LogP contribution in [-0.2, 0) is 6.54 Å². The van der Waals surface area contributed by atoms with Crippen LogP contribution in [0.15, 0.2) is 18.2 Å². The smallest absolute Gasteiger partial charge is 0.123 e. The molecule has 1 aromatic rings. The second-order valence-corrected chi connectivity index (χ2v) is 6.47. The number of nitrogens with zero attached hydrogens (tertiary/aromatic N) is 1. The van der Waals surface area contributed by atoms with Gasteiger partial charge in [0.1, 0.15) is 5.82 Å². The molecule has 0 bridgehead atoms. The molecular formula is C17H25FN2. The first-order valence-corrected chi connectivity index (χ1v) is 7.91. The molecule has 1 N–H and O–H groups in total. The van der Waals surface area contributed by atoms with Gasteiger partial charge in [0.2, 0.25) is 0 Å². The summed E-state index contributed by atoms with van der Waals surface area (Å²) in [6.07, 6.45) is 5.34. The molecule has 0 aromatic heterocycles. The first kappa shape index (κ1) is 14.0. The number of hydrogen-bond acceptors (Lipinski definition) is 2. The third-order valence-corrected chi connectivity index (χ3v) is 4.68. The van der Waals surface area contributed by atoms with Crippen molar-refractivity contribution in [3.05, 3.63) is 35.1 Å². The van der Waals surface area contributed by atoms with E-state index in [4.69, 9.17) is 0 Å². The number of halogens is 1. The summed E-state index contributed by atoms with van der Waals surface area (Å²) in [7, 11) is 0. The van der Waals surface area contributed by atoms with Gasteiger partial charge < -0.3 is 5.32 Å². The van der Waals surface area contributed by atoms with Gasteiger partial charge in [-0.25, -0.2) is 4.39 Å². The lowest BCUT2D eigenvalue weighted by Crippen LogP contribution is -2.37. The highest BCUT2D eigenvalue weighted by molar-refractivity contribution is 5.26. The number of rotatable bonds is 5. The first-order chi connectivity index (χ1) is 9.70. The van der Waals surface area contributed by atoms with Gasteiger partial charge in [0.05, 0.1) is 0 Å². The lowest BCUT2D eigenvalue weighted by molar-refractivity contribution is 0.175. The number of likely N-dealkylation sites (tertiary alicyclic amines) is 1. The molecule has 110 valence electrons. The maximum absolute atomic E-state index is 13.1. The molecule has 2 fully saturated rings. The van der Waals surface area contributed by atoms with Gasteiger partial charge in [0, 0.05) is 12.6 Å². The van der Waals surface area contributed by atoms with E-state index in [0.29, 0.717) is 0 Å². The van der Waals surface area contributed by atoms with Crippen molar-refractivity contribution in [1.82, 2.24) is 10.2 Å². The van der Waals surface area contributed by atoms with Crippen LogP contribution < -0.4 is 5.32 Å². The Morgan fingerprint density at radius 1 is 1.20 bits per heavy atom. The minimum Gasteiger partial charge on any atom is -0.314 e. The molecule has 1 aliphatic carbocycles. The van der Waals surface area contributed by atoms with Crippen molar-refractivity contribution in [2.75, 3.05) is 19.6 Å². The Bertz CT molecular complexity index is 448. The Morgan fingerprint density at radius 3 is 2.60 bits per heavy atom. The summed E-state index contributed by atoms with van der Waals surface area (Å²) in [5.41, 5.74) is 2.34. The average Bonchev–Trinajstić information content (AvgIpc) is 3.25. The van der Waals surface area contributed by atoms with Crippen LogP contribution in [0, 0.1) is 18.7 Å². The van der Waals surface area contributed by atoms with E-state index in [1.807, 2.05) is 13.0 Å². The third-order valence-electron chi connectivity index (χ3n) is 4.68. The SMILES string of the molecule is Cc1cc(F)ccc1CN1CCC(CNC2CC2)CC1. The monoisotopic (exact) mass is 276 g/mol. The fraction of sp³-hybridized carbons (Fsp3) is 0.647. The Labute approximate surface area is 121 Å². The van der Waals surface area contributed by atoms with Crippen LogP contribution in [0.3, 0.4) is 0 Å². The molecule has 1 saturated heterocycles. The van der Waals surface area contributed by atoms with Gasteiger partial charge in [-0.3, -0.25) is 4.90 Å². The van der Waals surface area contributed by atoms with Gasteiger partial charge >= 0.3 is 0 Å². The molecule has 0 amide bonds. The second kappa shape index (κ2) is 6.23. The molecule has 1 aliphatic heterocycles. The summed E-state index contributed by atoms with van der Waals surface area (Å²) >= 11 is 0. The predicted molar refractivity (Wildman–Crippen MR) is 80.2 cm³/mol. The van der Waals surface area contributed by atoms with Crippen molar-refractivity contribution in [3.63, 3.8) is 0 Å². The molecule has 0 unspecified atom stereocenters. The van der Waals surface area contributed by atoms with Crippen LogP contribution in [0.25, 0.3) is 0 Å². The van der Waals surface area contributed by atoms with Gasteiger partial charge in [0.15, 0.2) is 0 Å². The van der Waals surface area contributed by atoms with E-state index in [-0.39, 0.29) is 5.82 Å². The zero-order valence-corrected chi connectivity index (χ0v) is 12.4. The topological polar surface area (TPSA) is 15.3 Å². The molecule has 0 radical (unpaired) electrons. The molecule has 0 atom stereocenters. The molecule has 0 spiro atoms. The van der Waals surface area contributed by atoms with E-state index >= 15 is 0 Å². The van der Waals surface area contributed by atoms with Gasteiger partial charge in [-0.05, 0) is 81.4 Å². The molecule has 2 aliphatic rings. The summed E-state index contributed by atoms with van der Waals surface area (Å²) in [6.45, 7) is 6.52. The Kier molecular flexibility index (Phi) is 4.37. The van der Waals surface area contributed by atoms with Crippen LogP contribution in [0.2, 0.25) is 0 Å². The van der Waals surface area contributed by atoms with Gasteiger partial charge in [-0.15, -0.1) is 0 Å². The average molecular weight is 276 g/mol. The minimum absolute atomic E-state index is 0.129. The molecule has 3 heteroatoms. The van der Waals surface area contributed by atoms with Crippen LogP contribution in [-0.4, -0.2) is 30.6 Å². The highest BCUT2D eigenvalue weighted by atomic mass is 19.1. The van der Waals surface area contributed by atoms with Gasteiger partial charge in [0.25, 0.3) is 0 Å². The quantitative estimate of drug-likeness (QED) is 0.889. The minimum atomic E-state index is -0.129. The van der Waals surface area contributed by atoms with Crippen molar-refractivity contribution in [1.29, 1.82) is 0 Å². The Morgan fingerprint density at radius 2 is 1.95 bits per heavy atom. The molecule has 2 nitrogen and oxygen atoms in total. The second-order valence-electron chi connectivity index (χ2n) is 6.47. The lowest BCUT2D eigenvalue weighted by Gasteiger charge is -2.32. The Balaban J connectivity index is 1.45. The normalized spacial score (nSPS) is 21.3. The number of benzene rings is 1. The van der Waals surface area contributed by atoms with Crippen molar-refractivity contribution < 1.29 is 4.39 Å². The largest absolute Gasteiger partial charge is 0.314 e. The van der Waals surface area contributed by atoms with Crippen LogP contribution in [0.5, 0.6) is 0 Å². The maximum Gasteiger partial charge on any atom is 0.123 e. The molecule has 20 heavy (non-hydrogen) atoms. The standard InChI is InChI=1S/C17H25FN2/c1-13-10-16(18)3-2-15(13)12-20-8-6-14(7-9-20)11-19-17-4-5-17/h2-3,10,14,17,19H,4-9,11-12H2,1H3. The fourth-order valence-corrected chi connectivity index (χ4v) is 3.05. The summed E-state index contributed by atoms with van der Waals surface area (Å²) in [5.74, 6) is 0.720. The van der Waals surface area contributed by atoms with Gasteiger partial charge in [-0.2, -0.15) is 0 Å². The Hall–Kier alpha value is -0.930. The van der Waals surface area contributed by atoms with E-state index in [0.717, 1.165) is 24.1 Å². The number of hydrogen-bond donors (Lipinski definition) is 1. The number of aryl methyl sites for hydroxylation is 1. The number of nitrogens with one attached hydrogen (secondary N) is 1. The highest BCUT2D eigenvalue weighted by Crippen LogP contribution is 2.23. The van der Waals surface area contributed by atoms with Crippen molar-refractivity contribution in [2.45, 2.75) is 45.2 Å². The highest BCUT2D eigenvalue weighted by Gasteiger charge is 2.24. The molecule has 3 rings (SSSR count). The molecule has 1 saturated carbocycles. The van der Waals surface area contributed by atoms with Crippen molar-refractivity contribution in [2.24, 2.45) is 5.92 Å². The number of piperidine rings is 1. The van der Waals surface area contributed by atoms with E-state index in [2.05, 4.69) is 10.2 Å². The summed E-state index contributed by atoms with van der Waals surface area (Å²) in [6, 6.07) is 5.98. The van der Waals surface area contributed by atoms with E-state index in [1.54, 1.807) is 12.1 Å². The van der Waals surface area contributed by atoms with Crippen molar-refractivity contribution >= 4 is 0 Å². The first-order valence-electron chi connectivity index (χ1n) is 7.91. The lowest BCUT2D eigenvalue weighted by atomic mass is 9.96. The summed E-state index contributed by atoms with van der Waals surface area (Å²) in [5, 5.41) is 3.65. The van der Waals surface area contributed by atoms with E-state index < -0.39 is 0 Å². The summed E-state index contributed by atoms with van der Waals surface area (Å²) < 4.78 is 13.1. The fourth-order valence-electron chi connectivity index (χ4n) is 3.05. The van der Waals surface area contributed by atoms with Crippen LogP contribution in [0.4, 0.5) is 4.39 Å². The van der Waals surface area contributed by atoms with Crippen LogP contribution >= 0.6 is 0 Å². The van der Waals surface area contributed by atoms with E-state index in [1.165, 1.54) is 50.9 Å². The van der Waals surface area contributed by atoms with Gasteiger partial charge in [-0.1, -0.05) is 6.07 Å². The van der Waals surface area contributed by atoms with E-state index in [9.17, 15) is 4.39 Å². The maximum atomic E-state index is 13.1. The predicted octanol–water partition coefficient (Wildman–Crippen LogP) is 3.10.